The molecule has 1 aromatic rings. The van der Waals surface area contributed by atoms with Crippen LogP contribution < -0.4 is 27.0 Å². The van der Waals surface area contributed by atoms with Gasteiger partial charge >= 0.3 is 0 Å². The highest BCUT2D eigenvalue weighted by molar-refractivity contribution is 5.95. The van der Waals surface area contributed by atoms with Crippen LogP contribution in [0.15, 0.2) is 24.3 Å². The molecule has 0 unspecified atom stereocenters. The first-order valence-electron chi connectivity index (χ1n) is 21.2. The van der Waals surface area contributed by atoms with Gasteiger partial charge in [-0.2, -0.15) is 0 Å². The lowest BCUT2D eigenvalue weighted by atomic mass is 9.95. The Balaban J connectivity index is 2.80. The molecule has 15 heteroatoms. The van der Waals surface area contributed by atoms with Gasteiger partial charge in [-0.25, -0.2) is 0 Å². The zero-order valence-corrected chi connectivity index (χ0v) is 36.2. The number of hydrogen-bond donors (Lipinski definition) is 7. The van der Waals surface area contributed by atoms with Crippen molar-refractivity contribution in [2.45, 2.75) is 155 Å². The van der Waals surface area contributed by atoms with E-state index in [1.165, 1.54) is 98.0 Å². The fourth-order valence-electron chi connectivity index (χ4n) is 6.68. The number of phenolic OH excluding ortho intramolecular Hbond substituents is 1. The standard InChI is InChI=1S/C43H73N7O8/c1-8-11-12-13-14-15-16-17-18-19-20-21-22-24-36(53)49(6)34(29-51)41(56)48-39(44)43(58)46-28-37(54)50(7)38(42(57)47-30(4)40(55)45-5)32-25-26-35(52)33(27-32)31(10-3)23-9-2/h23,25-27,30,34,38-39,51-52H,8-22,24,28-29,44H2,1-7H3,(H,45,55)(H,46,58)(H,47,57)(H,48,56)/b31-23+/t30-,34+,38-,39-/m0/s1. The maximum atomic E-state index is 13.6. The monoisotopic (exact) mass is 816 g/mol. The largest absolute Gasteiger partial charge is 0.507 e. The highest BCUT2D eigenvalue weighted by atomic mass is 16.3. The van der Waals surface area contributed by atoms with E-state index < -0.39 is 67.0 Å². The molecule has 0 saturated heterocycles. The molecular formula is C43H73N7O8. The highest BCUT2D eigenvalue weighted by Gasteiger charge is 2.32. The molecule has 1 aromatic carbocycles. The number of likely N-dealkylation sites (N-methyl/N-ethyl adjacent to an activating group) is 3. The van der Waals surface area contributed by atoms with Crippen molar-refractivity contribution in [2.75, 3.05) is 34.3 Å². The maximum absolute atomic E-state index is 13.6. The molecule has 0 aromatic heterocycles. The minimum Gasteiger partial charge on any atom is -0.507 e. The van der Waals surface area contributed by atoms with Crippen molar-refractivity contribution in [1.29, 1.82) is 0 Å². The maximum Gasteiger partial charge on any atom is 0.257 e. The van der Waals surface area contributed by atoms with E-state index in [0.717, 1.165) is 34.6 Å². The predicted molar refractivity (Wildman–Crippen MR) is 227 cm³/mol. The van der Waals surface area contributed by atoms with Crippen LogP contribution in [0.3, 0.4) is 0 Å². The van der Waals surface area contributed by atoms with Gasteiger partial charge in [0.05, 0.1) is 13.2 Å². The number of unbranched alkanes of at least 4 members (excludes halogenated alkanes) is 12. The molecule has 0 fully saturated rings. The summed E-state index contributed by atoms with van der Waals surface area (Å²) in [6.07, 6.45) is 17.1. The number of aromatic hydroxyl groups is 1. The van der Waals surface area contributed by atoms with Gasteiger partial charge in [-0.05, 0) is 49.5 Å². The number of nitrogens with zero attached hydrogens (tertiary/aromatic N) is 2. The van der Waals surface area contributed by atoms with E-state index in [4.69, 9.17) is 5.73 Å². The van der Waals surface area contributed by atoms with E-state index in [2.05, 4.69) is 28.2 Å². The van der Waals surface area contributed by atoms with Crippen LogP contribution in [0.1, 0.15) is 148 Å². The van der Waals surface area contributed by atoms with Crippen LogP contribution in [0.2, 0.25) is 0 Å². The van der Waals surface area contributed by atoms with Gasteiger partial charge in [-0.1, -0.05) is 110 Å². The van der Waals surface area contributed by atoms with Crippen molar-refractivity contribution >= 4 is 41.0 Å². The second-order valence-electron chi connectivity index (χ2n) is 14.9. The number of nitrogens with one attached hydrogen (secondary N) is 4. The molecule has 8 N–H and O–H groups in total. The van der Waals surface area contributed by atoms with E-state index in [1.807, 2.05) is 19.9 Å². The number of aliphatic hydroxyl groups excluding tert-OH is 1. The average molecular weight is 816 g/mol. The van der Waals surface area contributed by atoms with Crippen LogP contribution in [0.5, 0.6) is 5.75 Å². The number of rotatable bonds is 29. The van der Waals surface area contributed by atoms with Crippen LogP contribution in [-0.2, 0) is 28.8 Å². The molecule has 0 aliphatic heterocycles. The van der Waals surface area contributed by atoms with Crippen molar-refractivity contribution in [1.82, 2.24) is 31.1 Å². The minimum absolute atomic E-state index is 0.00530. The Hall–Kier alpha value is -4.50. The lowest BCUT2D eigenvalue weighted by Crippen LogP contribution is -2.59. The summed E-state index contributed by atoms with van der Waals surface area (Å²) in [5, 5.41) is 30.4. The van der Waals surface area contributed by atoms with Crippen LogP contribution in [0.25, 0.3) is 5.57 Å². The Bertz CT molecular complexity index is 1490. The van der Waals surface area contributed by atoms with Crippen LogP contribution in [-0.4, -0.2) is 108 Å². The molecule has 6 amide bonds. The van der Waals surface area contributed by atoms with Crippen molar-refractivity contribution < 1.29 is 39.0 Å². The molecule has 1 rings (SSSR count). The number of hydrogen-bond acceptors (Lipinski definition) is 9. The summed E-state index contributed by atoms with van der Waals surface area (Å²) in [5.74, 6) is -3.94. The van der Waals surface area contributed by atoms with Crippen molar-refractivity contribution in [3.8, 4) is 5.75 Å². The summed E-state index contributed by atoms with van der Waals surface area (Å²) in [6, 6.07) is 1.04. The van der Waals surface area contributed by atoms with Crippen molar-refractivity contribution in [2.24, 2.45) is 5.73 Å². The Labute approximate surface area is 346 Å². The first kappa shape index (κ1) is 51.5. The molecular weight excluding hydrogens is 743 g/mol. The molecule has 0 aliphatic rings. The predicted octanol–water partition coefficient (Wildman–Crippen LogP) is 4.16. The van der Waals surface area contributed by atoms with Gasteiger partial charge in [-0.3, -0.25) is 28.8 Å². The molecule has 0 saturated carbocycles. The first-order chi connectivity index (χ1) is 27.7. The second kappa shape index (κ2) is 28.8. The summed E-state index contributed by atoms with van der Waals surface area (Å²) in [7, 11) is 4.19. The van der Waals surface area contributed by atoms with Gasteiger partial charge in [0.1, 0.15) is 23.9 Å². The quantitative estimate of drug-likeness (QED) is 0.0455. The number of carbonyl (C=O) groups excluding carboxylic acids is 6. The van der Waals surface area contributed by atoms with Gasteiger partial charge in [0.15, 0.2) is 6.17 Å². The van der Waals surface area contributed by atoms with Gasteiger partial charge in [0.2, 0.25) is 29.5 Å². The molecule has 328 valence electrons. The Morgan fingerprint density at radius 1 is 0.759 bits per heavy atom. The fourth-order valence-corrected chi connectivity index (χ4v) is 6.68. The third-order valence-corrected chi connectivity index (χ3v) is 10.4. The SMILES string of the molecule is CC/C=C(\CC)c1cc([C@@H](C(=O)N[C@@H](C)C(=O)NC)N(C)C(=O)CNC(=O)[C@@H](N)NC(=O)[C@@H](CO)N(C)C(=O)CCCCCCCCCCCCCCC)ccc1O. The third kappa shape index (κ3) is 18.0. The fraction of sp³-hybridized carbons (Fsp3) is 0.674. The first-order valence-corrected chi connectivity index (χ1v) is 21.2. The Kier molecular flexibility index (Phi) is 25.6. The van der Waals surface area contributed by atoms with E-state index in [9.17, 15) is 39.0 Å². The van der Waals surface area contributed by atoms with Gasteiger partial charge < -0.3 is 47.0 Å². The minimum atomic E-state index is -1.63. The van der Waals surface area contributed by atoms with E-state index in [1.54, 1.807) is 6.07 Å². The summed E-state index contributed by atoms with van der Waals surface area (Å²) < 4.78 is 0. The molecule has 0 radical (unpaired) electrons. The number of aliphatic hydroxyl groups is 1. The molecule has 0 bridgehead atoms. The molecule has 0 heterocycles. The van der Waals surface area contributed by atoms with E-state index >= 15 is 0 Å². The van der Waals surface area contributed by atoms with E-state index in [0.29, 0.717) is 30.4 Å². The molecule has 15 nitrogen and oxygen atoms in total. The van der Waals surface area contributed by atoms with Gasteiger partial charge in [0.25, 0.3) is 5.91 Å². The summed E-state index contributed by atoms with van der Waals surface area (Å²) >= 11 is 0. The number of carbonyl (C=O) groups is 6. The molecule has 0 aliphatic carbocycles. The summed E-state index contributed by atoms with van der Waals surface area (Å²) in [5.41, 5.74) is 7.62. The number of nitrogens with two attached hydrogens (primary N) is 1. The molecule has 4 atom stereocenters. The highest BCUT2D eigenvalue weighted by Crippen LogP contribution is 2.32. The van der Waals surface area contributed by atoms with Crippen LogP contribution in [0, 0.1) is 0 Å². The van der Waals surface area contributed by atoms with Crippen LogP contribution >= 0.6 is 0 Å². The number of allylic oxidation sites excluding steroid dienone is 2. The number of amides is 6. The Morgan fingerprint density at radius 2 is 1.33 bits per heavy atom. The van der Waals surface area contributed by atoms with Crippen LogP contribution in [0.4, 0.5) is 0 Å². The second-order valence-corrected chi connectivity index (χ2v) is 14.9. The average Bonchev–Trinajstić information content (AvgIpc) is 3.20. The topological polar surface area (TPSA) is 224 Å². The van der Waals surface area contributed by atoms with Gasteiger partial charge in [-0.15, -0.1) is 0 Å². The summed E-state index contributed by atoms with van der Waals surface area (Å²) in [4.78, 5) is 80.4. The smallest absolute Gasteiger partial charge is 0.257 e. The number of benzene rings is 1. The normalized spacial score (nSPS) is 13.4. The zero-order chi connectivity index (χ0) is 43.6. The summed E-state index contributed by atoms with van der Waals surface area (Å²) in [6.45, 7) is 6.29. The number of phenols is 1. The molecule has 58 heavy (non-hydrogen) atoms. The zero-order valence-electron chi connectivity index (χ0n) is 36.2. The van der Waals surface area contributed by atoms with Crippen molar-refractivity contribution in [3.05, 3.63) is 35.4 Å². The lowest BCUT2D eigenvalue weighted by molar-refractivity contribution is -0.142. The van der Waals surface area contributed by atoms with Crippen molar-refractivity contribution in [3.63, 3.8) is 0 Å². The Morgan fingerprint density at radius 3 is 1.84 bits per heavy atom. The molecule has 0 spiro atoms. The lowest BCUT2D eigenvalue weighted by Gasteiger charge is -2.30. The van der Waals surface area contributed by atoms with E-state index in [-0.39, 0.29) is 18.1 Å². The third-order valence-electron chi connectivity index (χ3n) is 10.4. The van der Waals surface area contributed by atoms with Gasteiger partial charge in [0, 0.05) is 33.1 Å².